The van der Waals surface area contributed by atoms with Crippen molar-refractivity contribution >= 4 is 11.9 Å². The lowest BCUT2D eigenvalue weighted by Crippen LogP contribution is -2.50. The third kappa shape index (κ3) is 1.54. The van der Waals surface area contributed by atoms with E-state index in [1.54, 1.807) is 0 Å². The van der Waals surface area contributed by atoms with E-state index in [4.69, 9.17) is 9.47 Å². The topological polar surface area (TPSA) is 52.6 Å². The quantitative estimate of drug-likeness (QED) is 0.730. The van der Waals surface area contributed by atoms with Gasteiger partial charge in [0.1, 0.15) is 6.10 Å². The van der Waals surface area contributed by atoms with Crippen molar-refractivity contribution in [1.29, 1.82) is 0 Å². The van der Waals surface area contributed by atoms with Crippen LogP contribution in [0.15, 0.2) is 0 Å². The van der Waals surface area contributed by atoms with Crippen LogP contribution in [0.25, 0.3) is 0 Å². The molecular formula is C16H24O4. The van der Waals surface area contributed by atoms with Crippen LogP contribution < -0.4 is 0 Å². The Morgan fingerprint density at radius 3 is 2.30 bits per heavy atom. The summed E-state index contributed by atoms with van der Waals surface area (Å²) in [7, 11) is 0. The largest absolute Gasteiger partial charge is 0.459 e. The smallest absolute Gasteiger partial charge is 0.351 e. The van der Waals surface area contributed by atoms with Gasteiger partial charge < -0.3 is 9.47 Å². The molecule has 0 spiro atoms. The summed E-state index contributed by atoms with van der Waals surface area (Å²) in [5, 5.41) is 0. The molecule has 4 heteroatoms. The fourth-order valence-electron chi connectivity index (χ4n) is 4.13. The Bertz CT molecular complexity index is 449. The third-order valence-electron chi connectivity index (χ3n) is 6.24. The highest BCUT2D eigenvalue weighted by molar-refractivity contribution is 5.93. The van der Waals surface area contributed by atoms with Crippen molar-refractivity contribution in [3.05, 3.63) is 0 Å². The molecule has 0 N–H and O–H groups in total. The molecule has 20 heavy (non-hydrogen) atoms. The molecular weight excluding hydrogens is 256 g/mol. The van der Waals surface area contributed by atoms with Gasteiger partial charge in [-0.1, -0.05) is 20.3 Å². The summed E-state index contributed by atoms with van der Waals surface area (Å²) in [4.78, 5) is 24.8. The first kappa shape index (κ1) is 13.9. The van der Waals surface area contributed by atoms with Crippen molar-refractivity contribution in [2.24, 2.45) is 10.8 Å². The van der Waals surface area contributed by atoms with Gasteiger partial charge in [0.15, 0.2) is 0 Å². The molecule has 2 unspecified atom stereocenters. The summed E-state index contributed by atoms with van der Waals surface area (Å²) in [6.45, 7) is 5.85. The zero-order valence-corrected chi connectivity index (χ0v) is 12.7. The second-order valence-corrected chi connectivity index (χ2v) is 7.34. The Morgan fingerprint density at radius 2 is 1.80 bits per heavy atom. The molecule has 0 amide bonds. The van der Waals surface area contributed by atoms with Crippen molar-refractivity contribution in [2.45, 2.75) is 77.4 Å². The van der Waals surface area contributed by atoms with Gasteiger partial charge in [-0.25, -0.2) is 4.79 Å². The van der Waals surface area contributed by atoms with Gasteiger partial charge in [-0.15, -0.1) is 0 Å². The molecule has 3 fully saturated rings. The normalized spacial score (nSPS) is 39.6. The number of fused-ring (bicyclic) bond motifs is 2. The zero-order valence-electron chi connectivity index (χ0n) is 12.7. The molecule has 2 aliphatic carbocycles. The molecule has 2 bridgehead atoms. The molecule has 0 aromatic heterocycles. The Labute approximate surface area is 120 Å². The molecule has 2 saturated carbocycles. The Hall–Kier alpha value is -1.06. The van der Waals surface area contributed by atoms with Crippen molar-refractivity contribution in [2.75, 3.05) is 0 Å². The molecule has 3 aliphatic rings. The average molecular weight is 280 g/mol. The number of hydrogen-bond acceptors (Lipinski definition) is 4. The van der Waals surface area contributed by atoms with E-state index in [1.165, 1.54) is 6.42 Å². The highest BCUT2D eigenvalue weighted by atomic mass is 16.6. The summed E-state index contributed by atoms with van der Waals surface area (Å²) in [5.74, 6) is -0.557. The van der Waals surface area contributed by atoms with Crippen molar-refractivity contribution in [3.63, 3.8) is 0 Å². The minimum atomic E-state index is -1.06. The first-order valence-electron chi connectivity index (χ1n) is 7.78. The fourth-order valence-corrected chi connectivity index (χ4v) is 4.13. The molecule has 1 heterocycles. The molecule has 3 rings (SSSR count). The van der Waals surface area contributed by atoms with Gasteiger partial charge in [-0.05, 0) is 45.4 Å². The van der Waals surface area contributed by atoms with Gasteiger partial charge in [0, 0.05) is 5.41 Å². The van der Waals surface area contributed by atoms with Gasteiger partial charge in [-0.2, -0.15) is 0 Å². The van der Waals surface area contributed by atoms with E-state index in [0.29, 0.717) is 12.8 Å². The van der Waals surface area contributed by atoms with E-state index in [2.05, 4.69) is 0 Å². The van der Waals surface area contributed by atoms with Crippen LogP contribution >= 0.6 is 0 Å². The Kier molecular flexibility index (Phi) is 2.93. The molecule has 0 aromatic rings. The maximum absolute atomic E-state index is 12.7. The van der Waals surface area contributed by atoms with E-state index in [1.807, 2.05) is 20.8 Å². The molecule has 2 atom stereocenters. The van der Waals surface area contributed by atoms with E-state index in [-0.39, 0.29) is 18.0 Å². The predicted octanol–water partition coefficient (Wildman–Crippen LogP) is 2.98. The summed E-state index contributed by atoms with van der Waals surface area (Å²) < 4.78 is 11.3. The standard InChI is InChI=1S/C16H24O4/c1-14(2)15(3)9-10-16(14,20-12(15)17)13(18)19-11-7-5-4-6-8-11/h11H,4-10H2,1-3H3. The average Bonchev–Trinajstić information content (AvgIpc) is 2.70. The highest BCUT2D eigenvalue weighted by Gasteiger charge is 2.76. The lowest BCUT2D eigenvalue weighted by Gasteiger charge is -2.36. The third-order valence-corrected chi connectivity index (χ3v) is 6.24. The molecule has 1 aliphatic heterocycles. The van der Waals surface area contributed by atoms with Crippen molar-refractivity contribution in [1.82, 2.24) is 0 Å². The summed E-state index contributed by atoms with van der Waals surface area (Å²) in [6.07, 6.45) is 6.63. The zero-order chi connectivity index (χ0) is 14.6. The number of carbonyl (C=O) groups is 2. The maximum Gasteiger partial charge on any atom is 0.351 e. The molecule has 4 nitrogen and oxygen atoms in total. The second-order valence-electron chi connectivity index (χ2n) is 7.34. The number of hydrogen-bond donors (Lipinski definition) is 0. The minimum absolute atomic E-state index is 0.00702. The van der Waals surface area contributed by atoms with Gasteiger partial charge in [0.25, 0.3) is 0 Å². The van der Waals surface area contributed by atoms with Crippen LogP contribution in [0.1, 0.15) is 65.7 Å². The Morgan fingerprint density at radius 1 is 1.15 bits per heavy atom. The van der Waals surface area contributed by atoms with Crippen molar-refractivity contribution in [3.8, 4) is 0 Å². The first-order chi connectivity index (χ1) is 9.33. The van der Waals surface area contributed by atoms with E-state index < -0.39 is 16.4 Å². The summed E-state index contributed by atoms with van der Waals surface area (Å²) >= 11 is 0. The number of ether oxygens (including phenoxy) is 2. The van der Waals surface area contributed by atoms with Crippen LogP contribution in [0.2, 0.25) is 0 Å². The summed E-state index contributed by atoms with van der Waals surface area (Å²) in [5.41, 5.74) is -2.11. The molecule has 112 valence electrons. The monoisotopic (exact) mass is 280 g/mol. The maximum atomic E-state index is 12.7. The lowest BCUT2D eigenvalue weighted by molar-refractivity contribution is -0.188. The van der Waals surface area contributed by atoms with Gasteiger partial charge in [0.05, 0.1) is 5.41 Å². The van der Waals surface area contributed by atoms with Crippen LogP contribution in [-0.4, -0.2) is 23.6 Å². The number of rotatable bonds is 2. The highest BCUT2D eigenvalue weighted by Crippen LogP contribution is 2.65. The fraction of sp³-hybridized carbons (Fsp3) is 0.875. The van der Waals surface area contributed by atoms with Crippen molar-refractivity contribution < 1.29 is 19.1 Å². The second kappa shape index (κ2) is 4.22. The number of carbonyl (C=O) groups excluding carboxylic acids is 2. The van der Waals surface area contributed by atoms with Crippen LogP contribution in [0, 0.1) is 10.8 Å². The molecule has 0 radical (unpaired) electrons. The van der Waals surface area contributed by atoms with E-state index in [9.17, 15) is 9.59 Å². The Balaban J connectivity index is 1.82. The minimum Gasteiger partial charge on any atom is -0.459 e. The van der Waals surface area contributed by atoms with Crippen LogP contribution in [0.5, 0.6) is 0 Å². The summed E-state index contributed by atoms with van der Waals surface area (Å²) in [6, 6.07) is 0. The van der Waals surface area contributed by atoms with Crippen LogP contribution in [0.4, 0.5) is 0 Å². The van der Waals surface area contributed by atoms with Gasteiger partial charge >= 0.3 is 11.9 Å². The predicted molar refractivity (Wildman–Crippen MR) is 72.9 cm³/mol. The molecule has 0 aromatic carbocycles. The van der Waals surface area contributed by atoms with Gasteiger partial charge in [0.2, 0.25) is 5.60 Å². The van der Waals surface area contributed by atoms with E-state index in [0.717, 1.165) is 25.7 Å². The van der Waals surface area contributed by atoms with Crippen LogP contribution in [0.3, 0.4) is 0 Å². The van der Waals surface area contributed by atoms with Crippen LogP contribution in [-0.2, 0) is 19.1 Å². The number of esters is 2. The first-order valence-corrected chi connectivity index (χ1v) is 7.78. The van der Waals surface area contributed by atoms with E-state index >= 15 is 0 Å². The van der Waals surface area contributed by atoms with Gasteiger partial charge in [-0.3, -0.25) is 4.79 Å². The molecule has 1 saturated heterocycles. The lowest BCUT2D eigenvalue weighted by atomic mass is 9.66. The SMILES string of the molecule is CC12CCC(C(=O)OC3CCCCC3)(OC1=O)C2(C)C.